The number of nitrogens with zero attached hydrogens (tertiary/aromatic N) is 2. The first-order valence-corrected chi connectivity index (χ1v) is 8.02. The van der Waals surface area contributed by atoms with Crippen molar-refractivity contribution in [3.05, 3.63) is 43.6 Å². The average Bonchev–Trinajstić information content (AvgIpc) is 2.86. The number of nitrogens with one attached hydrogen (secondary N) is 1. The van der Waals surface area contributed by atoms with Crippen molar-refractivity contribution in [2.45, 2.75) is 6.92 Å². The standard InChI is InChI=1S/C15H16BrN3O6/c1-8-5-10(16)12(19(23)24)6-11(8)17-13-9(15(22)25-2)7-18(3-4-20)14(13)21/h5-6,17,20H,3-4,7H2,1-2H3. The summed E-state index contributed by atoms with van der Waals surface area (Å²) >= 11 is 3.12. The molecule has 1 aromatic carbocycles. The number of halogens is 1. The normalized spacial score (nSPS) is 14.1. The second-order valence-corrected chi connectivity index (χ2v) is 6.15. The number of nitro benzene ring substituents is 1. The van der Waals surface area contributed by atoms with Gasteiger partial charge in [-0.3, -0.25) is 14.9 Å². The summed E-state index contributed by atoms with van der Waals surface area (Å²) in [6, 6.07) is 2.83. The van der Waals surface area contributed by atoms with E-state index >= 15 is 0 Å². The van der Waals surface area contributed by atoms with Crippen molar-refractivity contribution in [1.29, 1.82) is 0 Å². The highest BCUT2D eigenvalue weighted by atomic mass is 79.9. The van der Waals surface area contributed by atoms with Crippen LogP contribution >= 0.6 is 15.9 Å². The van der Waals surface area contributed by atoms with E-state index in [4.69, 9.17) is 9.84 Å². The molecule has 0 saturated heterocycles. The number of aliphatic hydroxyl groups is 1. The summed E-state index contributed by atoms with van der Waals surface area (Å²) in [6.07, 6.45) is 0. The van der Waals surface area contributed by atoms with Crippen LogP contribution in [0.1, 0.15) is 5.56 Å². The maximum Gasteiger partial charge on any atom is 0.337 e. The largest absolute Gasteiger partial charge is 0.466 e. The quantitative estimate of drug-likeness (QED) is 0.409. The Kier molecular flexibility index (Phi) is 5.75. The Balaban J connectivity index is 2.45. The van der Waals surface area contributed by atoms with E-state index in [1.165, 1.54) is 18.1 Å². The molecule has 2 N–H and O–H groups in total. The number of rotatable bonds is 6. The highest BCUT2D eigenvalue weighted by molar-refractivity contribution is 9.10. The molecule has 1 aromatic rings. The number of carbonyl (C=O) groups is 2. The molecule has 1 amide bonds. The number of esters is 1. The number of hydrogen-bond acceptors (Lipinski definition) is 7. The van der Waals surface area contributed by atoms with E-state index in [9.17, 15) is 19.7 Å². The summed E-state index contributed by atoms with van der Waals surface area (Å²) in [6.45, 7) is 1.51. The number of aryl methyl sites for hydroxylation is 1. The molecule has 0 radical (unpaired) electrons. The monoisotopic (exact) mass is 413 g/mol. The highest BCUT2D eigenvalue weighted by Gasteiger charge is 2.34. The van der Waals surface area contributed by atoms with Gasteiger partial charge in [-0.1, -0.05) is 0 Å². The predicted octanol–water partition coefficient (Wildman–Crippen LogP) is 1.34. The number of hydrogen-bond donors (Lipinski definition) is 2. The Labute approximate surface area is 151 Å². The average molecular weight is 414 g/mol. The molecule has 2 rings (SSSR count). The van der Waals surface area contributed by atoms with Crippen molar-refractivity contribution in [3.8, 4) is 0 Å². The molecule has 25 heavy (non-hydrogen) atoms. The number of methoxy groups -OCH3 is 1. The van der Waals surface area contributed by atoms with Gasteiger partial charge in [0.1, 0.15) is 5.70 Å². The first-order chi connectivity index (χ1) is 11.8. The molecule has 0 bridgehead atoms. The molecule has 0 fully saturated rings. The molecule has 0 unspecified atom stereocenters. The Bertz CT molecular complexity index is 777. The number of amides is 1. The van der Waals surface area contributed by atoms with Crippen LogP contribution in [0.3, 0.4) is 0 Å². The zero-order chi connectivity index (χ0) is 18.7. The molecule has 1 aliphatic rings. The molecular formula is C15H16BrN3O6. The third-order valence-corrected chi connectivity index (χ3v) is 4.34. The summed E-state index contributed by atoms with van der Waals surface area (Å²) in [5, 5.41) is 23.0. The van der Waals surface area contributed by atoms with Gasteiger partial charge in [0.15, 0.2) is 0 Å². The van der Waals surface area contributed by atoms with E-state index in [2.05, 4.69) is 21.2 Å². The van der Waals surface area contributed by atoms with Crippen LogP contribution in [0.5, 0.6) is 0 Å². The third kappa shape index (κ3) is 3.80. The van der Waals surface area contributed by atoms with E-state index in [-0.39, 0.29) is 36.7 Å². The van der Waals surface area contributed by atoms with Crippen LogP contribution in [-0.2, 0) is 14.3 Å². The van der Waals surface area contributed by atoms with Gasteiger partial charge in [0.25, 0.3) is 11.6 Å². The summed E-state index contributed by atoms with van der Waals surface area (Å²) in [7, 11) is 1.20. The van der Waals surface area contributed by atoms with Crippen molar-refractivity contribution >= 4 is 39.2 Å². The van der Waals surface area contributed by atoms with Crippen molar-refractivity contribution in [2.24, 2.45) is 0 Å². The lowest BCUT2D eigenvalue weighted by Gasteiger charge is -2.15. The van der Waals surface area contributed by atoms with Gasteiger partial charge in [-0.15, -0.1) is 0 Å². The minimum absolute atomic E-state index is 0.00787. The van der Waals surface area contributed by atoms with Gasteiger partial charge < -0.3 is 20.1 Å². The van der Waals surface area contributed by atoms with Gasteiger partial charge in [0, 0.05) is 18.3 Å². The molecule has 0 atom stereocenters. The van der Waals surface area contributed by atoms with E-state index in [1.807, 2.05) is 0 Å². The zero-order valence-electron chi connectivity index (χ0n) is 13.5. The van der Waals surface area contributed by atoms with Crippen LogP contribution in [0.25, 0.3) is 0 Å². The SMILES string of the molecule is COC(=O)C1=C(Nc2cc([N+](=O)[O-])c(Br)cc2C)C(=O)N(CCO)C1. The molecule has 1 aliphatic heterocycles. The summed E-state index contributed by atoms with van der Waals surface area (Å²) in [5.74, 6) is -1.17. The number of nitro groups is 1. The van der Waals surface area contributed by atoms with Crippen molar-refractivity contribution in [1.82, 2.24) is 4.90 Å². The maximum atomic E-state index is 12.5. The summed E-state index contributed by atoms with van der Waals surface area (Å²) in [4.78, 5) is 36.3. The Morgan fingerprint density at radius 3 is 2.76 bits per heavy atom. The number of β-amino-alcohol motifs (C(OH)–C–C–N with tert-alkyl or cyclic N) is 1. The van der Waals surface area contributed by atoms with Gasteiger partial charge in [-0.05, 0) is 34.5 Å². The van der Waals surface area contributed by atoms with Crippen LogP contribution in [0, 0.1) is 17.0 Å². The molecule has 134 valence electrons. The van der Waals surface area contributed by atoms with Crippen molar-refractivity contribution < 1.29 is 24.4 Å². The fraction of sp³-hybridized carbons (Fsp3) is 0.333. The van der Waals surface area contributed by atoms with Crippen LogP contribution in [0.4, 0.5) is 11.4 Å². The predicted molar refractivity (Wildman–Crippen MR) is 91.9 cm³/mol. The third-order valence-electron chi connectivity index (χ3n) is 3.70. The van der Waals surface area contributed by atoms with Gasteiger partial charge in [-0.25, -0.2) is 4.79 Å². The van der Waals surface area contributed by atoms with Crippen LogP contribution in [0.15, 0.2) is 27.9 Å². The molecule has 1 heterocycles. The fourth-order valence-electron chi connectivity index (χ4n) is 2.42. The molecule has 0 aromatic heterocycles. The molecule has 0 spiro atoms. The zero-order valence-corrected chi connectivity index (χ0v) is 15.1. The minimum atomic E-state index is -0.680. The summed E-state index contributed by atoms with van der Waals surface area (Å²) < 4.78 is 5.00. The second-order valence-electron chi connectivity index (χ2n) is 5.30. The number of ether oxygens (including phenoxy) is 1. The molecular weight excluding hydrogens is 398 g/mol. The lowest BCUT2D eigenvalue weighted by molar-refractivity contribution is -0.385. The van der Waals surface area contributed by atoms with E-state index in [0.717, 1.165) is 0 Å². The molecule has 10 heteroatoms. The first kappa shape index (κ1) is 18.9. The number of benzene rings is 1. The highest BCUT2D eigenvalue weighted by Crippen LogP contribution is 2.33. The van der Waals surface area contributed by atoms with Crippen molar-refractivity contribution in [2.75, 3.05) is 32.1 Å². The van der Waals surface area contributed by atoms with Crippen LogP contribution in [-0.4, -0.2) is 53.6 Å². The number of carbonyl (C=O) groups excluding carboxylic acids is 2. The van der Waals surface area contributed by atoms with Crippen LogP contribution in [0.2, 0.25) is 0 Å². The van der Waals surface area contributed by atoms with Crippen LogP contribution < -0.4 is 5.32 Å². The number of aliphatic hydroxyl groups excluding tert-OH is 1. The fourth-order valence-corrected chi connectivity index (χ4v) is 3.02. The Hall–Kier alpha value is -2.46. The smallest absolute Gasteiger partial charge is 0.337 e. The lowest BCUT2D eigenvalue weighted by Crippen LogP contribution is -2.31. The lowest BCUT2D eigenvalue weighted by atomic mass is 10.1. The number of anilines is 1. The van der Waals surface area contributed by atoms with Gasteiger partial charge >= 0.3 is 5.97 Å². The van der Waals surface area contributed by atoms with E-state index < -0.39 is 16.8 Å². The van der Waals surface area contributed by atoms with Gasteiger partial charge in [0.05, 0.1) is 35.2 Å². The van der Waals surface area contributed by atoms with E-state index in [1.54, 1.807) is 13.0 Å². The Morgan fingerprint density at radius 1 is 1.52 bits per heavy atom. The molecule has 0 aliphatic carbocycles. The Morgan fingerprint density at radius 2 is 2.20 bits per heavy atom. The minimum Gasteiger partial charge on any atom is -0.466 e. The van der Waals surface area contributed by atoms with Crippen molar-refractivity contribution in [3.63, 3.8) is 0 Å². The molecule has 0 saturated carbocycles. The maximum absolute atomic E-state index is 12.5. The topological polar surface area (TPSA) is 122 Å². The van der Waals surface area contributed by atoms with Gasteiger partial charge in [0.2, 0.25) is 0 Å². The first-order valence-electron chi connectivity index (χ1n) is 7.23. The molecule has 9 nitrogen and oxygen atoms in total. The van der Waals surface area contributed by atoms with E-state index in [0.29, 0.717) is 15.7 Å². The summed E-state index contributed by atoms with van der Waals surface area (Å²) in [5.41, 5.74) is 0.880. The van der Waals surface area contributed by atoms with Gasteiger partial charge in [-0.2, -0.15) is 0 Å². The second kappa shape index (κ2) is 7.62.